The number of hydrogen-bond acceptors (Lipinski definition) is 3. The Labute approximate surface area is 106 Å². The van der Waals surface area contributed by atoms with Crippen molar-refractivity contribution in [2.45, 2.75) is 13.3 Å². The van der Waals surface area contributed by atoms with E-state index in [4.69, 9.17) is 0 Å². The van der Waals surface area contributed by atoms with Crippen molar-refractivity contribution >= 4 is 5.78 Å². The third-order valence-corrected chi connectivity index (χ3v) is 3.33. The van der Waals surface area contributed by atoms with E-state index in [1.807, 2.05) is 12.2 Å². The van der Waals surface area contributed by atoms with Crippen molar-refractivity contribution in [2.24, 2.45) is 11.8 Å². The summed E-state index contributed by atoms with van der Waals surface area (Å²) in [5.41, 5.74) is 0.713. The quantitative estimate of drug-likeness (QED) is 0.750. The maximum atomic E-state index is 11.7. The zero-order valence-corrected chi connectivity index (χ0v) is 10.3. The second kappa shape index (κ2) is 4.69. The Morgan fingerprint density at radius 2 is 1.83 bits per heavy atom. The Kier molecular flexibility index (Phi) is 3.24. The van der Waals surface area contributed by atoms with Crippen LogP contribution in [0.3, 0.4) is 0 Å². The molecular weight excluding hydrogens is 228 g/mol. The minimum atomic E-state index is -0.345. The second-order valence-corrected chi connectivity index (χ2v) is 4.49. The molecule has 2 atom stereocenters. The summed E-state index contributed by atoms with van der Waals surface area (Å²) in [5, 5.41) is 20.5. The first-order chi connectivity index (χ1) is 8.57. The van der Waals surface area contributed by atoms with Gasteiger partial charge in [-0.05, 0) is 13.3 Å². The number of aliphatic hydroxyl groups is 2. The van der Waals surface area contributed by atoms with Crippen LogP contribution in [-0.4, -0.2) is 16.0 Å². The Morgan fingerprint density at radius 1 is 1.28 bits per heavy atom. The molecule has 3 nitrogen and oxygen atoms in total. The Hall–Kier alpha value is -2.03. The van der Waals surface area contributed by atoms with Crippen molar-refractivity contribution in [1.29, 1.82) is 0 Å². The highest BCUT2D eigenvalue weighted by molar-refractivity contribution is 5.99. The largest absolute Gasteiger partial charge is 0.511 e. The van der Waals surface area contributed by atoms with Crippen LogP contribution in [0.2, 0.25) is 0 Å². The fraction of sp³-hybridized carbons (Fsp3) is 0.267. The molecule has 2 aliphatic rings. The summed E-state index contributed by atoms with van der Waals surface area (Å²) in [7, 11) is 0. The van der Waals surface area contributed by atoms with Crippen LogP contribution in [0.25, 0.3) is 0 Å². The van der Waals surface area contributed by atoms with Gasteiger partial charge in [-0.25, -0.2) is 0 Å². The molecule has 3 heteroatoms. The van der Waals surface area contributed by atoms with Crippen molar-refractivity contribution < 1.29 is 15.0 Å². The number of rotatable bonds is 3. The zero-order valence-electron chi connectivity index (χ0n) is 10.3. The van der Waals surface area contributed by atoms with Gasteiger partial charge in [0.1, 0.15) is 11.5 Å². The van der Waals surface area contributed by atoms with Gasteiger partial charge < -0.3 is 10.2 Å². The highest BCUT2D eigenvalue weighted by atomic mass is 16.3. The minimum absolute atomic E-state index is 0.0442. The second-order valence-electron chi connectivity index (χ2n) is 4.49. The van der Waals surface area contributed by atoms with Crippen molar-refractivity contribution in [3.05, 3.63) is 59.6 Å². The number of carbonyl (C=O) groups is 1. The van der Waals surface area contributed by atoms with Gasteiger partial charge in [-0.2, -0.15) is 0 Å². The number of aliphatic hydroxyl groups excluding tert-OH is 2. The van der Waals surface area contributed by atoms with E-state index in [2.05, 4.69) is 6.58 Å². The van der Waals surface area contributed by atoms with Gasteiger partial charge in [0.2, 0.25) is 0 Å². The van der Waals surface area contributed by atoms with E-state index < -0.39 is 0 Å². The molecule has 0 amide bonds. The number of ketones is 1. The normalized spacial score (nSPS) is 26.3. The number of allylic oxidation sites excluding steroid dienone is 7. The molecule has 2 N–H and O–H groups in total. The zero-order chi connectivity index (χ0) is 13.3. The first-order valence-electron chi connectivity index (χ1n) is 5.90. The highest BCUT2D eigenvalue weighted by Crippen LogP contribution is 2.41. The van der Waals surface area contributed by atoms with E-state index in [1.165, 1.54) is 6.92 Å². The summed E-state index contributed by atoms with van der Waals surface area (Å²) in [4.78, 5) is 11.7. The predicted molar refractivity (Wildman–Crippen MR) is 70.1 cm³/mol. The smallest absolute Gasteiger partial charge is 0.163 e. The molecule has 2 unspecified atom stereocenters. The maximum Gasteiger partial charge on any atom is 0.163 e. The minimum Gasteiger partial charge on any atom is -0.511 e. The van der Waals surface area contributed by atoms with Crippen LogP contribution in [0.4, 0.5) is 0 Å². The van der Waals surface area contributed by atoms with Crippen LogP contribution in [0.15, 0.2) is 59.6 Å². The Bertz CT molecular complexity index is 518. The van der Waals surface area contributed by atoms with Crippen LogP contribution in [0.5, 0.6) is 0 Å². The molecular formula is C15H16O3. The molecule has 2 rings (SSSR count). The molecule has 0 spiro atoms. The third kappa shape index (κ3) is 1.82. The highest BCUT2D eigenvalue weighted by Gasteiger charge is 2.36. The lowest BCUT2D eigenvalue weighted by molar-refractivity contribution is -0.113. The SMILES string of the molecule is C=CCC1=C(O)C2C=CC=CC2C(O)=C1C(C)=O. The van der Waals surface area contributed by atoms with Gasteiger partial charge in [0.15, 0.2) is 5.78 Å². The van der Waals surface area contributed by atoms with E-state index in [-0.39, 0.29) is 34.7 Å². The van der Waals surface area contributed by atoms with Gasteiger partial charge in [0, 0.05) is 17.4 Å². The molecule has 0 aromatic rings. The van der Waals surface area contributed by atoms with Gasteiger partial charge in [-0.3, -0.25) is 4.79 Å². The van der Waals surface area contributed by atoms with Gasteiger partial charge >= 0.3 is 0 Å². The van der Waals surface area contributed by atoms with Gasteiger partial charge in [-0.1, -0.05) is 30.4 Å². The number of carbonyl (C=O) groups excluding carboxylic acids is 1. The molecule has 0 bridgehead atoms. The van der Waals surface area contributed by atoms with Crippen LogP contribution in [0.1, 0.15) is 13.3 Å². The molecule has 0 heterocycles. The summed E-state index contributed by atoms with van der Waals surface area (Å²) >= 11 is 0. The Balaban J connectivity index is 2.60. The summed E-state index contributed by atoms with van der Waals surface area (Å²) in [6.07, 6.45) is 9.24. The molecule has 0 fully saturated rings. The number of Topliss-reactive ketones (excluding diaryl/α,β-unsaturated/α-hetero) is 1. The molecule has 0 aliphatic heterocycles. The van der Waals surface area contributed by atoms with E-state index in [9.17, 15) is 15.0 Å². The van der Waals surface area contributed by atoms with Crippen LogP contribution in [-0.2, 0) is 4.79 Å². The molecule has 0 radical (unpaired) electrons. The summed E-state index contributed by atoms with van der Waals surface area (Å²) < 4.78 is 0. The lowest BCUT2D eigenvalue weighted by Gasteiger charge is -2.31. The molecule has 0 saturated carbocycles. The van der Waals surface area contributed by atoms with Gasteiger partial charge in [0.05, 0.1) is 5.57 Å². The fourth-order valence-corrected chi connectivity index (χ4v) is 2.52. The first kappa shape index (κ1) is 12.4. The lowest BCUT2D eigenvalue weighted by atomic mass is 9.75. The van der Waals surface area contributed by atoms with Crippen LogP contribution < -0.4 is 0 Å². The van der Waals surface area contributed by atoms with Crippen molar-refractivity contribution in [3.8, 4) is 0 Å². The van der Waals surface area contributed by atoms with E-state index in [0.29, 0.717) is 12.0 Å². The number of hydrogen-bond donors (Lipinski definition) is 2. The first-order valence-corrected chi connectivity index (χ1v) is 5.90. The lowest BCUT2D eigenvalue weighted by Crippen LogP contribution is -2.26. The summed E-state index contributed by atoms with van der Waals surface area (Å²) in [6.45, 7) is 5.01. The molecule has 0 saturated heterocycles. The van der Waals surface area contributed by atoms with E-state index in [1.54, 1.807) is 18.2 Å². The Morgan fingerprint density at radius 3 is 2.33 bits per heavy atom. The van der Waals surface area contributed by atoms with Crippen molar-refractivity contribution in [1.82, 2.24) is 0 Å². The van der Waals surface area contributed by atoms with Gasteiger partial charge in [-0.15, -0.1) is 6.58 Å². The average Bonchev–Trinajstić information content (AvgIpc) is 2.35. The molecule has 0 aromatic heterocycles. The average molecular weight is 244 g/mol. The van der Waals surface area contributed by atoms with Crippen molar-refractivity contribution in [3.63, 3.8) is 0 Å². The number of fused-ring (bicyclic) bond motifs is 1. The summed E-state index contributed by atoms with van der Waals surface area (Å²) in [5.74, 6) is -0.668. The summed E-state index contributed by atoms with van der Waals surface area (Å²) in [6, 6.07) is 0. The van der Waals surface area contributed by atoms with E-state index in [0.717, 1.165) is 0 Å². The van der Waals surface area contributed by atoms with Gasteiger partial charge in [0.25, 0.3) is 0 Å². The molecule has 0 aromatic carbocycles. The molecule has 2 aliphatic carbocycles. The third-order valence-electron chi connectivity index (χ3n) is 3.33. The predicted octanol–water partition coefficient (Wildman–Crippen LogP) is 3.15. The maximum absolute atomic E-state index is 11.7. The van der Waals surface area contributed by atoms with Crippen LogP contribution >= 0.6 is 0 Å². The molecule has 18 heavy (non-hydrogen) atoms. The van der Waals surface area contributed by atoms with Crippen molar-refractivity contribution in [2.75, 3.05) is 0 Å². The standard InChI is InChI=1S/C15H16O3/c1-3-6-12-13(9(2)16)15(18)11-8-5-4-7-10(11)14(12)17/h3-5,7-8,10-11,17-18H,1,6H2,2H3. The monoisotopic (exact) mass is 244 g/mol. The molecule has 94 valence electrons. The fourth-order valence-electron chi connectivity index (χ4n) is 2.52. The van der Waals surface area contributed by atoms with E-state index >= 15 is 0 Å². The topological polar surface area (TPSA) is 57.5 Å². The van der Waals surface area contributed by atoms with Crippen LogP contribution in [0, 0.1) is 11.8 Å².